The molecule has 0 bridgehead atoms. The SMILES string of the molecule is C/C=C/CCC1CCC(C2CCC(C(F)(F)Oc3cc(F)c(C(F)(F)Oc4cc(F)c(OC=C(F)F)c(F)c4)c(F)c3)CC2)CC1. The van der Waals surface area contributed by atoms with E-state index >= 15 is 8.78 Å². The van der Waals surface area contributed by atoms with Gasteiger partial charge in [-0.3, -0.25) is 0 Å². The summed E-state index contributed by atoms with van der Waals surface area (Å²) < 4.78 is 154. The van der Waals surface area contributed by atoms with Crippen LogP contribution in [0.4, 0.5) is 43.9 Å². The Kier molecular flexibility index (Phi) is 11.6. The highest BCUT2D eigenvalue weighted by Gasteiger charge is 2.46. The molecule has 0 unspecified atom stereocenters. The summed E-state index contributed by atoms with van der Waals surface area (Å²) in [6, 6.07) is 0.493. The van der Waals surface area contributed by atoms with Crippen LogP contribution in [0.25, 0.3) is 0 Å². The fourth-order valence-electron chi connectivity index (χ4n) is 6.51. The van der Waals surface area contributed by atoms with Gasteiger partial charge in [-0.15, -0.1) is 0 Å². The first-order valence-corrected chi connectivity index (χ1v) is 15.1. The maximum atomic E-state index is 15.1. The van der Waals surface area contributed by atoms with E-state index in [9.17, 15) is 35.1 Å². The minimum Gasteiger partial charge on any atom is -0.453 e. The normalized spacial score (nSPS) is 22.5. The van der Waals surface area contributed by atoms with Gasteiger partial charge in [0.05, 0.1) is 5.92 Å². The van der Waals surface area contributed by atoms with E-state index in [1.807, 2.05) is 13.0 Å². The van der Waals surface area contributed by atoms with E-state index in [-0.39, 0.29) is 43.4 Å². The smallest absolute Gasteiger partial charge is 0.432 e. The zero-order valence-electron chi connectivity index (χ0n) is 24.9. The van der Waals surface area contributed by atoms with Gasteiger partial charge in [-0.05, 0) is 76.0 Å². The standard InChI is InChI=1S/C33H34F10O3/c1-2-3-4-5-19-6-8-20(9-7-19)21-10-12-22(13-11-21)32(40,41)45-23-14-25(34)30(26(35)15-23)33(42,43)46-24-16-27(36)31(28(37)17-24)44-18-29(38)39/h2-3,14-22H,4-13H2,1H3/b3-2+. The molecule has 13 heteroatoms. The largest absolute Gasteiger partial charge is 0.453 e. The first-order chi connectivity index (χ1) is 21.7. The average molecular weight is 669 g/mol. The topological polar surface area (TPSA) is 27.7 Å². The maximum absolute atomic E-state index is 15.1. The van der Waals surface area contributed by atoms with Crippen LogP contribution in [0.3, 0.4) is 0 Å². The molecule has 2 aliphatic rings. The van der Waals surface area contributed by atoms with Gasteiger partial charge in [-0.1, -0.05) is 25.0 Å². The number of ether oxygens (including phenoxy) is 3. The van der Waals surface area contributed by atoms with Crippen LogP contribution in [0.15, 0.2) is 48.8 Å². The van der Waals surface area contributed by atoms with E-state index in [2.05, 4.69) is 20.3 Å². The number of alkyl halides is 4. The van der Waals surface area contributed by atoms with Crippen LogP contribution in [0.1, 0.15) is 76.7 Å². The Morgan fingerprint density at radius 3 is 1.76 bits per heavy atom. The summed E-state index contributed by atoms with van der Waals surface area (Å²) in [6.45, 7) is 1.99. The summed E-state index contributed by atoms with van der Waals surface area (Å²) in [4.78, 5) is 0. The zero-order chi connectivity index (χ0) is 33.6. The predicted octanol–water partition coefficient (Wildman–Crippen LogP) is 11.4. The van der Waals surface area contributed by atoms with E-state index < -0.39 is 70.3 Å². The molecule has 4 rings (SSSR count). The number of rotatable bonds is 12. The molecule has 0 aromatic heterocycles. The molecule has 3 nitrogen and oxygen atoms in total. The second-order valence-electron chi connectivity index (χ2n) is 11.8. The number of hydrogen-bond donors (Lipinski definition) is 0. The molecule has 0 amide bonds. The van der Waals surface area contributed by atoms with Gasteiger partial charge >= 0.3 is 18.3 Å². The van der Waals surface area contributed by atoms with Crippen LogP contribution in [-0.2, 0) is 6.11 Å². The van der Waals surface area contributed by atoms with Gasteiger partial charge in [0.2, 0.25) is 0 Å². The van der Waals surface area contributed by atoms with E-state index in [1.165, 1.54) is 0 Å². The van der Waals surface area contributed by atoms with Crippen LogP contribution >= 0.6 is 0 Å². The van der Waals surface area contributed by atoms with Gasteiger partial charge in [0, 0.05) is 24.3 Å². The molecule has 0 radical (unpaired) electrons. The van der Waals surface area contributed by atoms with Crippen LogP contribution in [-0.4, -0.2) is 6.11 Å². The second kappa shape index (κ2) is 15.0. The van der Waals surface area contributed by atoms with Crippen LogP contribution in [0.5, 0.6) is 17.2 Å². The number of halogens is 10. The van der Waals surface area contributed by atoms with E-state index in [4.69, 9.17) is 0 Å². The third kappa shape index (κ3) is 8.90. The Balaban J connectivity index is 1.36. The molecule has 0 spiro atoms. The van der Waals surface area contributed by atoms with E-state index in [0.717, 1.165) is 38.5 Å². The van der Waals surface area contributed by atoms with Crippen molar-refractivity contribution in [1.29, 1.82) is 0 Å². The number of allylic oxidation sites excluding steroid dienone is 2. The van der Waals surface area contributed by atoms with E-state index in [1.54, 1.807) is 0 Å². The molecule has 0 saturated heterocycles. The lowest BCUT2D eigenvalue weighted by atomic mass is 9.68. The van der Waals surface area contributed by atoms with Gasteiger partial charge in [0.25, 0.3) is 0 Å². The summed E-state index contributed by atoms with van der Waals surface area (Å²) >= 11 is 0. The number of hydrogen-bond acceptors (Lipinski definition) is 3. The fraction of sp³-hybridized carbons (Fsp3) is 0.515. The van der Waals surface area contributed by atoms with Crippen molar-refractivity contribution in [1.82, 2.24) is 0 Å². The molecule has 2 aromatic rings. The van der Waals surface area contributed by atoms with Crippen molar-refractivity contribution in [3.05, 3.63) is 77.6 Å². The summed E-state index contributed by atoms with van der Waals surface area (Å²) in [5.74, 6) is -11.0. The van der Waals surface area contributed by atoms with Crippen LogP contribution < -0.4 is 14.2 Å². The summed E-state index contributed by atoms with van der Waals surface area (Å²) in [5.41, 5.74) is -2.04. The van der Waals surface area contributed by atoms with Gasteiger partial charge in [-0.25, -0.2) is 17.6 Å². The molecule has 2 aromatic carbocycles. The molecular formula is C33H34F10O3. The van der Waals surface area contributed by atoms with Gasteiger partial charge in [0.1, 0.15) is 28.7 Å². The van der Waals surface area contributed by atoms with Crippen molar-refractivity contribution in [2.75, 3.05) is 0 Å². The molecule has 2 aliphatic carbocycles. The summed E-state index contributed by atoms with van der Waals surface area (Å²) in [7, 11) is 0. The van der Waals surface area contributed by atoms with Gasteiger partial charge < -0.3 is 14.2 Å². The van der Waals surface area contributed by atoms with Crippen molar-refractivity contribution >= 4 is 0 Å². The summed E-state index contributed by atoms with van der Waals surface area (Å²) in [5, 5.41) is 0. The van der Waals surface area contributed by atoms with Crippen molar-refractivity contribution in [3.8, 4) is 17.2 Å². The zero-order valence-corrected chi connectivity index (χ0v) is 24.9. The summed E-state index contributed by atoms with van der Waals surface area (Å²) in [6.07, 6.45) is 0.638. The maximum Gasteiger partial charge on any atom is 0.432 e. The highest BCUT2D eigenvalue weighted by Crippen LogP contribution is 2.46. The molecule has 0 heterocycles. The Morgan fingerprint density at radius 1 is 0.739 bits per heavy atom. The Hall–Kier alpha value is -3.38. The highest BCUT2D eigenvalue weighted by molar-refractivity contribution is 5.37. The van der Waals surface area contributed by atoms with Gasteiger partial charge in [0.15, 0.2) is 23.6 Å². The van der Waals surface area contributed by atoms with Crippen LogP contribution in [0, 0.1) is 46.9 Å². The minimum atomic E-state index is -4.90. The van der Waals surface area contributed by atoms with Crippen molar-refractivity contribution < 1.29 is 58.1 Å². The van der Waals surface area contributed by atoms with Crippen LogP contribution in [0.2, 0.25) is 0 Å². The Morgan fingerprint density at radius 2 is 1.24 bits per heavy atom. The Labute approximate surface area is 260 Å². The first kappa shape index (κ1) is 35.5. The third-order valence-corrected chi connectivity index (χ3v) is 8.83. The average Bonchev–Trinajstić information content (AvgIpc) is 2.96. The monoisotopic (exact) mass is 668 g/mol. The van der Waals surface area contributed by atoms with E-state index in [0.29, 0.717) is 30.6 Å². The quantitative estimate of drug-likeness (QED) is 0.128. The molecule has 254 valence electrons. The predicted molar refractivity (Wildman–Crippen MR) is 149 cm³/mol. The lowest BCUT2D eigenvalue weighted by molar-refractivity contribution is -0.224. The highest BCUT2D eigenvalue weighted by atomic mass is 19.3. The molecule has 0 N–H and O–H groups in total. The first-order valence-electron chi connectivity index (χ1n) is 15.1. The lowest BCUT2D eigenvalue weighted by Gasteiger charge is -2.39. The minimum absolute atomic E-state index is 0.107. The van der Waals surface area contributed by atoms with Crippen molar-refractivity contribution in [3.63, 3.8) is 0 Å². The molecule has 2 saturated carbocycles. The fourth-order valence-corrected chi connectivity index (χ4v) is 6.51. The second-order valence-corrected chi connectivity index (χ2v) is 11.8. The van der Waals surface area contributed by atoms with Crippen molar-refractivity contribution in [2.24, 2.45) is 23.7 Å². The lowest BCUT2D eigenvalue weighted by Crippen LogP contribution is -2.38. The molecule has 2 fully saturated rings. The molecule has 0 atom stereocenters. The number of benzene rings is 2. The molecular weight excluding hydrogens is 634 g/mol. The Bertz CT molecular complexity index is 1340. The van der Waals surface area contributed by atoms with Gasteiger partial charge in [-0.2, -0.15) is 26.3 Å². The molecule has 46 heavy (non-hydrogen) atoms. The molecule has 0 aliphatic heterocycles. The van der Waals surface area contributed by atoms with Crippen molar-refractivity contribution in [2.45, 2.75) is 83.3 Å². The third-order valence-electron chi connectivity index (χ3n) is 8.83.